The number of guanidine groups is 1. The lowest BCUT2D eigenvalue weighted by molar-refractivity contribution is -0.535. The number of pyridine rings is 1. The van der Waals surface area contributed by atoms with E-state index in [-0.39, 0.29) is 0 Å². The third-order valence-electron chi connectivity index (χ3n) is 2.19. The Kier molecular flexibility index (Phi) is 2.54. The van der Waals surface area contributed by atoms with Gasteiger partial charge in [-0.3, -0.25) is 15.6 Å². The number of hydrogen-bond donors (Lipinski definition) is 2. The summed E-state index contributed by atoms with van der Waals surface area (Å²) in [6.07, 6.45) is 1.77. The lowest BCUT2D eigenvalue weighted by atomic mass is 10.3. The second-order valence-corrected chi connectivity index (χ2v) is 3.61. The van der Waals surface area contributed by atoms with Gasteiger partial charge in [0.25, 0.3) is 0 Å². The number of aromatic nitrogens is 1. The highest BCUT2D eigenvalue weighted by atomic mass is 35.5. The Morgan fingerprint density at radius 2 is 2.43 bits per heavy atom. The van der Waals surface area contributed by atoms with Gasteiger partial charge in [-0.05, 0) is 6.07 Å². The van der Waals surface area contributed by atoms with Crippen molar-refractivity contribution in [1.29, 1.82) is 0 Å². The summed E-state index contributed by atoms with van der Waals surface area (Å²) >= 11 is 5.69. The standard InChI is InChI=1S/C9H11ClN4/c10-8-2-1-7(5-13-8)6-14-4-3-12-9(14)11/h1-2,5H,3-4,6H2,(H2,11,12)/p+1. The average Bonchev–Trinajstić information content (AvgIpc) is 2.56. The molecule has 0 spiro atoms. The van der Waals surface area contributed by atoms with Crippen molar-refractivity contribution in [2.45, 2.75) is 6.54 Å². The minimum atomic E-state index is 0.519. The van der Waals surface area contributed by atoms with Crippen LogP contribution >= 0.6 is 11.6 Å². The Labute approximate surface area is 87.4 Å². The highest BCUT2D eigenvalue weighted by Crippen LogP contribution is 2.06. The largest absolute Gasteiger partial charge is 0.343 e. The van der Waals surface area contributed by atoms with Crippen LogP contribution in [0.4, 0.5) is 0 Å². The summed E-state index contributed by atoms with van der Waals surface area (Å²) in [6.45, 7) is 2.63. The summed E-state index contributed by atoms with van der Waals surface area (Å²) in [7, 11) is 0. The van der Waals surface area contributed by atoms with Crippen molar-refractivity contribution in [3.8, 4) is 0 Å². The highest BCUT2D eigenvalue weighted by Gasteiger charge is 2.15. The zero-order chi connectivity index (χ0) is 9.97. The van der Waals surface area contributed by atoms with E-state index in [2.05, 4.69) is 14.9 Å². The van der Waals surface area contributed by atoms with Crippen LogP contribution in [0, 0.1) is 0 Å². The fourth-order valence-electron chi connectivity index (χ4n) is 1.44. The molecular weight excluding hydrogens is 200 g/mol. The van der Waals surface area contributed by atoms with Crippen LogP contribution in [0.2, 0.25) is 5.15 Å². The molecule has 0 unspecified atom stereocenters. The summed E-state index contributed by atoms with van der Waals surface area (Å²) < 4.78 is 2.07. The van der Waals surface area contributed by atoms with E-state index in [1.165, 1.54) is 0 Å². The number of rotatable bonds is 2. The molecule has 0 aromatic carbocycles. The van der Waals surface area contributed by atoms with Gasteiger partial charge in [0.2, 0.25) is 0 Å². The minimum absolute atomic E-state index is 0.519. The average molecular weight is 212 g/mol. The quantitative estimate of drug-likeness (QED) is 0.542. The van der Waals surface area contributed by atoms with E-state index in [0.29, 0.717) is 5.15 Å². The van der Waals surface area contributed by atoms with Crippen LogP contribution in [0.25, 0.3) is 0 Å². The SMILES string of the molecule is NC1=[N+](Cc2ccc(Cl)nc2)CCN1. The number of nitrogens with two attached hydrogens (primary N) is 1. The third kappa shape index (κ3) is 1.96. The van der Waals surface area contributed by atoms with Gasteiger partial charge in [0.1, 0.15) is 5.15 Å². The van der Waals surface area contributed by atoms with E-state index >= 15 is 0 Å². The van der Waals surface area contributed by atoms with Crippen LogP contribution in [-0.4, -0.2) is 28.6 Å². The van der Waals surface area contributed by atoms with Gasteiger partial charge in [-0.25, -0.2) is 4.98 Å². The van der Waals surface area contributed by atoms with Crippen molar-refractivity contribution in [1.82, 2.24) is 10.3 Å². The molecule has 2 heterocycles. The lowest BCUT2D eigenvalue weighted by Gasteiger charge is -2.02. The maximum Gasteiger partial charge on any atom is 0.343 e. The molecule has 0 bridgehead atoms. The molecule has 14 heavy (non-hydrogen) atoms. The van der Waals surface area contributed by atoms with Crippen LogP contribution in [-0.2, 0) is 6.54 Å². The molecule has 0 aliphatic carbocycles. The van der Waals surface area contributed by atoms with Crippen molar-refractivity contribution < 1.29 is 4.58 Å². The first-order valence-corrected chi connectivity index (χ1v) is 4.85. The predicted molar refractivity (Wildman–Crippen MR) is 55.3 cm³/mol. The monoisotopic (exact) mass is 211 g/mol. The Morgan fingerprint density at radius 1 is 1.57 bits per heavy atom. The summed E-state index contributed by atoms with van der Waals surface area (Å²) in [5.74, 6) is 0.736. The number of halogens is 1. The number of hydrogen-bond acceptors (Lipinski definition) is 3. The molecule has 74 valence electrons. The van der Waals surface area contributed by atoms with E-state index < -0.39 is 0 Å². The Balaban J connectivity index is 2.11. The van der Waals surface area contributed by atoms with E-state index in [0.717, 1.165) is 31.2 Å². The second-order valence-electron chi connectivity index (χ2n) is 3.22. The molecule has 0 radical (unpaired) electrons. The van der Waals surface area contributed by atoms with E-state index in [9.17, 15) is 0 Å². The summed E-state index contributed by atoms with van der Waals surface area (Å²) in [6, 6.07) is 3.75. The van der Waals surface area contributed by atoms with Crippen LogP contribution in [0.3, 0.4) is 0 Å². The number of nitrogens with one attached hydrogen (secondary N) is 1. The fourth-order valence-corrected chi connectivity index (χ4v) is 1.55. The molecule has 1 aliphatic heterocycles. The first kappa shape index (κ1) is 9.27. The molecule has 5 heteroatoms. The Bertz CT molecular complexity index is 358. The van der Waals surface area contributed by atoms with Crippen molar-refractivity contribution in [3.63, 3.8) is 0 Å². The van der Waals surface area contributed by atoms with Gasteiger partial charge in [-0.2, -0.15) is 0 Å². The smallest absolute Gasteiger partial charge is 0.291 e. The Hall–Kier alpha value is -1.29. The third-order valence-corrected chi connectivity index (χ3v) is 2.41. The second kappa shape index (κ2) is 3.84. The highest BCUT2D eigenvalue weighted by molar-refractivity contribution is 6.29. The van der Waals surface area contributed by atoms with Crippen LogP contribution < -0.4 is 11.1 Å². The molecule has 1 aromatic heterocycles. The molecule has 0 atom stereocenters. The predicted octanol–water partition coefficient (Wildman–Crippen LogP) is 0.165. The maximum atomic E-state index is 5.74. The molecule has 1 aliphatic rings. The molecule has 0 amide bonds. The van der Waals surface area contributed by atoms with Gasteiger partial charge < -0.3 is 0 Å². The molecule has 4 nitrogen and oxygen atoms in total. The van der Waals surface area contributed by atoms with Crippen molar-refractivity contribution in [2.24, 2.45) is 5.73 Å². The number of nitrogens with zero attached hydrogens (tertiary/aromatic N) is 2. The maximum absolute atomic E-state index is 5.74. The van der Waals surface area contributed by atoms with Crippen LogP contribution in [0.1, 0.15) is 5.56 Å². The molecule has 3 N–H and O–H groups in total. The molecule has 2 rings (SSSR count). The molecular formula is C9H12ClN4+. The minimum Gasteiger partial charge on any atom is -0.291 e. The topological polar surface area (TPSA) is 54.0 Å². The normalized spacial score (nSPS) is 15.8. The molecule has 0 saturated heterocycles. The lowest BCUT2D eigenvalue weighted by Crippen LogP contribution is -2.31. The summed E-state index contributed by atoms with van der Waals surface area (Å²) in [4.78, 5) is 4.01. The summed E-state index contributed by atoms with van der Waals surface area (Å²) in [5.41, 5.74) is 6.85. The van der Waals surface area contributed by atoms with Crippen molar-refractivity contribution in [3.05, 3.63) is 29.0 Å². The van der Waals surface area contributed by atoms with Gasteiger partial charge in [-0.15, -0.1) is 0 Å². The Morgan fingerprint density at radius 3 is 3.00 bits per heavy atom. The van der Waals surface area contributed by atoms with E-state index in [4.69, 9.17) is 17.3 Å². The summed E-state index contributed by atoms with van der Waals surface area (Å²) in [5, 5.41) is 3.59. The van der Waals surface area contributed by atoms with Crippen molar-refractivity contribution >= 4 is 17.6 Å². The molecule has 0 fully saturated rings. The zero-order valence-corrected chi connectivity index (χ0v) is 8.46. The first-order valence-electron chi connectivity index (χ1n) is 4.47. The van der Waals surface area contributed by atoms with Gasteiger partial charge in [0, 0.05) is 11.8 Å². The van der Waals surface area contributed by atoms with Gasteiger partial charge in [-0.1, -0.05) is 17.7 Å². The van der Waals surface area contributed by atoms with Gasteiger partial charge >= 0.3 is 5.96 Å². The van der Waals surface area contributed by atoms with Crippen molar-refractivity contribution in [2.75, 3.05) is 13.1 Å². The molecule has 1 aromatic rings. The van der Waals surface area contributed by atoms with Gasteiger partial charge in [0.15, 0.2) is 0 Å². The molecule has 0 saturated carbocycles. The first-order chi connectivity index (χ1) is 6.75. The fraction of sp³-hybridized carbons (Fsp3) is 0.333. The van der Waals surface area contributed by atoms with Crippen LogP contribution in [0.5, 0.6) is 0 Å². The van der Waals surface area contributed by atoms with Crippen LogP contribution in [0.15, 0.2) is 18.3 Å². The van der Waals surface area contributed by atoms with Gasteiger partial charge in [0.05, 0.1) is 19.6 Å². The van der Waals surface area contributed by atoms with E-state index in [1.54, 1.807) is 12.3 Å². The van der Waals surface area contributed by atoms with E-state index in [1.807, 2.05) is 6.07 Å². The zero-order valence-electron chi connectivity index (χ0n) is 7.70.